The molecule has 0 radical (unpaired) electrons. The van der Waals surface area contributed by atoms with Crippen LogP contribution in [0.25, 0.3) is 10.9 Å². The van der Waals surface area contributed by atoms with Crippen molar-refractivity contribution in [1.29, 1.82) is 0 Å². The van der Waals surface area contributed by atoms with Crippen molar-refractivity contribution in [3.05, 3.63) is 35.0 Å². The monoisotopic (exact) mass is 230 g/mol. The summed E-state index contributed by atoms with van der Waals surface area (Å²) < 4.78 is 2.30. The lowest BCUT2D eigenvalue weighted by atomic mass is 9.99. The van der Waals surface area contributed by atoms with Crippen LogP contribution in [0.2, 0.25) is 0 Å². The molecule has 0 saturated carbocycles. The minimum Gasteiger partial charge on any atom is -0.346 e. The Bertz CT molecular complexity index is 535. The predicted molar refractivity (Wildman–Crippen MR) is 74.6 cm³/mol. The van der Waals surface area contributed by atoms with E-state index in [4.69, 9.17) is 5.73 Å². The van der Waals surface area contributed by atoms with Crippen molar-refractivity contribution in [3.63, 3.8) is 0 Å². The first kappa shape index (κ1) is 12.2. The topological polar surface area (TPSA) is 30.9 Å². The fourth-order valence-electron chi connectivity index (χ4n) is 2.64. The molecule has 0 aliphatic rings. The Balaban J connectivity index is 2.76. The minimum absolute atomic E-state index is 0.553. The van der Waals surface area contributed by atoms with Crippen LogP contribution in [0, 0.1) is 13.8 Å². The van der Waals surface area contributed by atoms with E-state index >= 15 is 0 Å². The number of benzene rings is 1. The number of hydrogen-bond acceptors (Lipinski definition) is 1. The van der Waals surface area contributed by atoms with E-state index in [1.54, 1.807) is 0 Å². The first-order valence-corrected chi connectivity index (χ1v) is 6.34. The molecule has 0 atom stereocenters. The van der Waals surface area contributed by atoms with Gasteiger partial charge in [0.05, 0.1) is 5.52 Å². The van der Waals surface area contributed by atoms with Crippen molar-refractivity contribution >= 4 is 10.9 Å². The standard InChI is InChI=1S/C15H22N2/c1-10(2)14-9-17(6-5-16)15-12(4)7-11(3)8-13(14)15/h7-10H,5-6,16H2,1-4H3. The van der Waals surface area contributed by atoms with Crippen LogP contribution < -0.4 is 5.73 Å². The fourth-order valence-corrected chi connectivity index (χ4v) is 2.64. The van der Waals surface area contributed by atoms with E-state index in [1.807, 2.05) is 0 Å². The first-order valence-electron chi connectivity index (χ1n) is 6.34. The van der Waals surface area contributed by atoms with Gasteiger partial charge >= 0.3 is 0 Å². The van der Waals surface area contributed by atoms with Gasteiger partial charge in [-0.2, -0.15) is 0 Å². The van der Waals surface area contributed by atoms with Crippen LogP contribution in [0.5, 0.6) is 0 Å². The SMILES string of the molecule is Cc1cc(C)c2c(c1)c(C(C)C)cn2CCN. The lowest BCUT2D eigenvalue weighted by Gasteiger charge is -2.07. The summed E-state index contributed by atoms with van der Waals surface area (Å²) in [5, 5.41) is 1.39. The van der Waals surface area contributed by atoms with Crippen molar-refractivity contribution in [2.75, 3.05) is 6.54 Å². The Morgan fingerprint density at radius 3 is 2.53 bits per heavy atom. The maximum atomic E-state index is 5.70. The van der Waals surface area contributed by atoms with Crippen molar-refractivity contribution in [1.82, 2.24) is 4.57 Å². The number of rotatable bonds is 3. The smallest absolute Gasteiger partial charge is 0.0513 e. The molecule has 2 heteroatoms. The van der Waals surface area contributed by atoms with Crippen molar-refractivity contribution in [2.45, 2.75) is 40.2 Å². The van der Waals surface area contributed by atoms with Crippen molar-refractivity contribution in [2.24, 2.45) is 5.73 Å². The lowest BCUT2D eigenvalue weighted by Crippen LogP contribution is -2.09. The normalized spacial score (nSPS) is 11.6. The van der Waals surface area contributed by atoms with Gasteiger partial charge in [-0.3, -0.25) is 0 Å². The average molecular weight is 230 g/mol. The Morgan fingerprint density at radius 2 is 1.94 bits per heavy atom. The molecule has 0 saturated heterocycles. The maximum absolute atomic E-state index is 5.70. The van der Waals surface area contributed by atoms with E-state index in [2.05, 4.69) is 50.6 Å². The second kappa shape index (κ2) is 4.53. The van der Waals surface area contributed by atoms with Crippen LogP contribution in [-0.4, -0.2) is 11.1 Å². The van der Waals surface area contributed by atoms with Gasteiger partial charge in [0.1, 0.15) is 0 Å². The number of fused-ring (bicyclic) bond motifs is 1. The summed E-state index contributed by atoms with van der Waals surface area (Å²) in [7, 11) is 0. The van der Waals surface area contributed by atoms with Crippen LogP contribution in [0.15, 0.2) is 18.3 Å². The van der Waals surface area contributed by atoms with Crippen LogP contribution in [0.4, 0.5) is 0 Å². The van der Waals surface area contributed by atoms with Crippen LogP contribution in [0.3, 0.4) is 0 Å². The van der Waals surface area contributed by atoms with Gasteiger partial charge in [-0.05, 0) is 37.0 Å². The summed E-state index contributed by atoms with van der Waals surface area (Å²) in [6.45, 7) is 10.4. The average Bonchev–Trinajstić information content (AvgIpc) is 2.57. The van der Waals surface area contributed by atoms with Crippen LogP contribution in [0.1, 0.15) is 36.5 Å². The lowest BCUT2D eigenvalue weighted by molar-refractivity contribution is 0.726. The third-order valence-corrected chi connectivity index (χ3v) is 3.33. The molecule has 2 rings (SSSR count). The Morgan fingerprint density at radius 1 is 1.24 bits per heavy atom. The second-order valence-electron chi connectivity index (χ2n) is 5.20. The van der Waals surface area contributed by atoms with Gasteiger partial charge in [-0.15, -0.1) is 0 Å². The summed E-state index contributed by atoms with van der Waals surface area (Å²) in [6.07, 6.45) is 2.27. The molecule has 1 heterocycles. The maximum Gasteiger partial charge on any atom is 0.0513 e. The van der Waals surface area contributed by atoms with E-state index in [9.17, 15) is 0 Å². The first-order chi connectivity index (χ1) is 8.04. The van der Waals surface area contributed by atoms with E-state index in [-0.39, 0.29) is 0 Å². The summed E-state index contributed by atoms with van der Waals surface area (Å²) in [5.41, 5.74) is 11.2. The molecule has 0 aliphatic heterocycles. The Kier molecular flexibility index (Phi) is 3.25. The number of aromatic nitrogens is 1. The third kappa shape index (κ3) is 2.09. The predicted octanol–water partition coefficient (Wildman–Crippen LogP) is 3.34. The third-order valence-electron chi connectivity index (χ3n) is 3.33. The summed E-state index contributed by atoms with van der Waals surface area (Å²) >= 11 is 0. The molecule has 92 valence electrons. The minimum atomic E-state index is 0.553. The molecule has 0 aliphatic carbocycles. The summed E-state index contributed by atoms with van der Waals surface area (Å²) in [6, 6.07) is 4.55. The van der Waals surface area contributed by atoms with E-state index in [0.29, 0.717) is 12.5 Å². The fraction of sp³-hybridized carbons (Fsp3) is 0.467. The molecular weight excluding hydrogens is 208 g/mol. The second-order valence-corrected chi connectivity index (χ2v) is 5.20. The Labute approximate surface area is 103 Å². The van der Waals surface area contributed by atoms with E-state index < -0.39 is 0 Å². The molecule has 0 bridgehead atoms. The highest BCUT2D eigenvalue weighted by molar-refractivity contribution is 5.88. The largest absolute Gasteiger partial charge is 0.346 e. The van der Waals surface area contributed by atoms with Gasteiger partial charge in [0, 0.05) is 24.7 Å². The molecule has 2 aromatic rings. The number of nitrogens with zero attached hydrogens (tertiary/aromatic N) is 1. The van der Waals surface area contributed by atoms with Gasteiger partial charge in [0.15, 0.2) is 0 Å². The molecule has 1 aromatic carbocycles. The quantitative estimate of drug-likeness (QED) is 0.861. The van der Waals surface area contributed by atoms with Crippen LogP contribution >= 0.6 is 0 Å². The zero-order valence-corrected chi connectivity index (χ0v) is 11.2. The molecule has 0 unspecified atom stereocenters. The Hall–Kier alpha value is -1.28. The van der Waals surface area contributed by atoms with Crippen LogP contribution in [-0.2, 0) is 6.54 Å². The highest BCUT2D eigenvalue weighted by Gasteiger charge is 2.13. The molecule has 2 nitrogen and oxygen atoms in total. The van der Waals surface area contributed by atoms with Gasteiger partial charge < -0.3 is 10.3 Å². The molecule has 2 N–H and O–H groups in total. The number of nitrogens with two attached hydrogens (primary N) is 1. The molecular formula is C15H22N2. The van der Waals surface area contributed by atoms with E-state index in [1.165, 1.54) is 27.6 Å². The number of hydrogen-bond donors (Lipinski definition) is 1. The molecule has 0 spiro atoms. The van der Waals surface area contributed by atoms with Gasteiger partial charge in [0.25, 0.3) is 0 Å². The van der Waals surface area contributed by atoms with Crippen molar-refractivity contribution in [3.8, 4) is 0 Å². The molecule has 17 heavy (non-hydrogen) atoms. The zero-order chi connectivity index (χ0) is 12.6. The number of aryl methyl sites for hydroxylation is 2. The highest BCUT2D eigenvalue weighted by atomic mass is 15.0. The van der Waals surface area contributed by atoms with Crippen molar-refractivity contribution < 1.29 is 0 Å². The van der Waals surface area contributed by atoms with Gasteiger partial charge in [-0.25, -0.2) is 0 Å². The van der Waals surface area contributed by atoms with Gasteiger partial charge in [-0.1, -0.05) is 25.5 Å². The highest BCUT2D eigenvalue weighted by Crippen LogP contribution is 2.30. The van der Waals surface area contributed by atoms with E-state index in [0.717, 1.165) is 6.54 Å². The molecule has 1 aromatic heterocycles. The summed E-state index contributed by atoms with van der Waals surface area (Å²) in [5.74, 6) is 0.553. The summed E-state index contributed by atoms with van der Waals surface area (Å²) in [4.78, 5) is 0. The molecule has 0 fully saturated rings. The van der Waals surface area contributed by atoms with Gasteiger partial charge in [0.2, 0.25) is 0 Å². The molecule has 0 amide bonds. The zero-order valence-electron chi connectivity index (χ0n) is 11.2.